The van der Waals surface area contributed by atoms with Crippen molar-refractivity contribution in [2.45, 2.75) is 37.6 Å². The molecule has 3 aromatic rings. The number of aromatic hydroxyl groups is 2. The Hall–Kier alpha value is -3.84. The van der Waals surface area contributed by atoms with Crippen molar-refractivity contribution in [3.63, 3.8) is 0 Å². The van der Waals surface area contributed by atoms with Crippen LogP contribution in [-0.4, -0.2) is 75.9 Å². The van der Waals surface area contributed by atoms with Crippen molar-refractivity contribution in [1.82, 2.24) is 0 Å². The average Bonchev–Trinajstić information content (AvgIpc) is 2.84. The van der Waals surface area contributed by atoms with Gasteiger partial charge in [-0.3, -0.25) is 4.79 Å². The second kappa shape index (κ2) is 10.0. The normalized spacial score (nSPS) is 23.9. The number of benzene rings is 2. The Morgan fingerprint density at radius 1 is 1.00 bits per heavy atom. The molecule has 1 saturated heterocycles. The van der Waals surface area contributed by atoms with Crippen LogP contribution in [0.5, 0.6) is 23.0 Å². The summed E-state index contributed by atoms with van der Waals surface area (Å²) in [6.07, 6.45) is -7.76. The Morgan fingerprint density at radius 2 is 1.75 bits per heavy atom. The summed E-state index contributed by atoms with van der Waals surface area (Å²) in [6.45, 7) is 0.749. The van der Waals surface area contributed by atoms with Crippen molar-refractivity contribution in [2.24, 2.45) is 0 Å². The summed E-state index contributed by atoms with van der Waals surface area (Å²) < 4.78 is 26.9. The Kier molecular flexibility index (Phi) is 7.04. The van der Waals surface area contributed by atoms with E-state index in [9.17, 15) is 35.1 Å². The molecule has 12 heteroatoms. The lowest BCUT2D eigenvalue weighted by Gasteiger charge is -2.40. The van der Waals surface area contributed by atoms with E-state index in [0.29, 0.717) is 5.56 Å². The largest absolute Gasteiger partial charge is 0.504 e. The van der Waals surface area contributed by atoms with Gasteiger partial charge in [-0.15, -0.1) is 0 Å². The van der Waals surface area contributed by atoms with E-state index < -0.39 is 54.7 Å². The van der Waals surface area contributed by atoms with E-state index >= 15 is 0 Å². The molecular weight excluding hydrogens is 480 g/mol. The lowest BCUT2D eigenvalue weighted by Crippen LogP contribution is -2.60. The highest BCUT2D eigenvalue weighted by molar-refractivity contribution is 5.98. The molecule has 36 heavy (non-hydrogen) atoms. The number of methoxy groups -OCH3 is 1. The van der Waals surface area contributed by atoms with Gasteiger partial charge in [-0.25, -0.2) is 4.79 Å². The first-order valence-electron chi connectivity index (χ1n) is 10.8. The number of fused-ring (bicyclic) bond motifs is 1. The van der Waals surface area contributed by atoms with Crippen molar-refractivity contribution in [3.8, 4) is 34.1 Å². The molecule has 1 aliphatic heterocycles. The van der Waals surface area contributed by atoms with Crippen LogP contribution in [0.2, 0.25) is 0 Å². The minimum absolute atomic E-state index is 0.00505. The number of esters is 1. The summed E-state index contributed by atoms with van der Waals surface area (Å²) >= 11 is 0. The van der Waals surface area contributed by atoms with Crippen molar-refractivity contribution in [1.29, 1.82) is 0 Å². The maximum Gasteiger partial charge on any atom is 0.336 e. The summed E-state index contributed by atoms with van der Waals surface area (Å²) in [4.78, 5) is 23.5. The van der Waals surface area contributed by atoms with Crippen molar-refractivity contribution >= 4 is 16.9 Å². The Bertz CT molecular complexity index is 1330. The second-order valence-corrected chi connectivity index (χ2v) is 8.12. The molecule has 0 aliphatic carbocycles. The number of aliphatic hydroxyl groups excluding tert-OH is 3. The predicted octanol–water partition coefficient (Wildman–Crippen LogP) is 0.629. The number of hydrogen-bond donors (Lipinski definition) is 5. The molecule has 0 radical (unpaired) electrons. The minimum atomic E-state index is -1.72. The zero-order valence-corrected chi connectivity index (χ0v) is 19.2. The highest BCUT2D eigenvalue weighted by atomic mass is 16.7. The number of phenolic OH excluding ortho intramolecular Hbond substituents is 2. The molecule has 5 N–H and O–H groups in total. The molecule has 0 spiro atoms. The first-order valence-corrected chi connectivity index (χ1v) is 10.8. The fourth-order valence-corrected chi connectivity index (χ4v) is 3.85. The molecule has 1 aliphatic rings. The molecule has 0 unspecified atom stereocenters. The molecule has 12 nitrogen and oxygen atoms in total. The quantitative estimate of drug-likeness (QED) is 0.179. The SMILES string of the molecule is COc1cc(O[C@@H]2O[C@H](COC(C)=O)[C@H](O)[C@H](O)[C@H]2O)c2c(-c3ccc(O)c(O)c3)cc(=O)oc2c1. The van der Waals surface area contributed by atoms with Crippen molar-refractivity contribution < 1.29 is 53.7 Å². The van der Waals surface area contributed by atoms with Crippen LogP contribution in [0.3, 0.4) is 0 Å². The van der Waals surface area contributed by atoms with Crippen LogP contribution >= 0.6 is 0 Å². The maximum atomic E-state index is 12.3. The van der Waals surface area contributed by atoms with E-state index in [0.717, 1.165) is 13.0 Å². The molecule has 2 heterocycles. The number of carbonyl (C=O) groups is 1. The van der Waals surface area contributed by atoms with Crippen LogP contribution in [0.15, 0.2) is 45.6 Å². The van der Waals surface area contributed by atoms with Crippen LogP contribution in [0.25, 0.3) is 22.1 Å². The van der Waals surface area contributed by atoms with E-state index in [2.05, 4.69) is 0 Å². The lowest BCUT2D eigenvalue weighted by molar-refractivity contribution is -0.278. The predicted molar refractivity (Wildman–Crippen MR) is 122 cm³/mol. The summed E-state index contributed by atoms with van der Waals surface area (Å²) in [6, 6.07) is 7.92. The smallest absolute Gasteiger partial charge is 0.336 e. The van der Waals surface area contributed by atoms with Crippen LogP contribution in [0, 0.1) is 0 Å². The average molecular weight is 504 g/mol. The third-order valence-corrected chi connectivity index (χ3v) is 5.67. The van der Waals surface area contributed by atoms with Gasteiger partial charge in [0.05, 0.1) is 12.5 Å². The Labute approximate surface area is 203 Å². The zero-order chi connectivity index (χ0) is 26.1. The molecule has 0 saturated carbocycles. The number of phenols is 2. The first-order chi connectivity index (χ1) is 17.1. The van der Waals surface area contributed by atoms with Gasteiger partial charge in [-0.05, 0) is 17.7 Å². The third-order valence-electron chi connectivity index (χ3n) is 5.67. The lowest BCUT2D eigenvalue weighted by atomic mass is 9.98. The summed E-state index contributed by atoms with van der Waals surface area (Å²) in [5, 5.41) is 51.0. The van der Waals surface area contributed by atoms with Crippen LogP contribution in [-0.2, 0) is 14.3 Å². The van der Waals surface area contributed by atoms with Crippen LogP contribution in [0.1, 0.15) is 6.92 Å². The molecule has 192 valence electrons. The molecule has 2 aromatic carbocycles. The van der Waals surface area contributed by atoms with Gasteiger partial charge in [0.2, 0.25) is 6.29 Å². The van der Waals surface area contributed by atoms with Gasteiger partial charge in [0.1, 0.15) is 48.1 Å². The standard InChI is InChI=1S/C24H24O12/c1-10(25)33-9-18-21(29)22(30)23(31)24(36-18)35-17-7-12(32-2)6-16-20(17)13(8-19(28)34-16)11-3-4-14(26)15(27)5-11/h3-8,18,21-24,26-27,29-31H,9H2,1-2H3/t18-,21+,22+,23-,24-/m1/s1. The first kappa shape index (κ1) is 25.3. The van der Waals surface area contributed by atoms with Gasteiger partial charge in [-0.1, -0.05) is 6.07 Å². The van der Waals surface area contributed by atoms with Gasteiger partial charge < -0.3 is 48.9 Å². The molecule has 5 atom stereocenters. The van der Waals surface area contributed by atoms with E-state index in [4.69, 9.17) is 23.4 Å². The Balaban J connectivity index is 1.81. The van der Waals surface area contributed by atoms with Gasteiger partial charge in [-0.2, -0.15) is 0 Å². The molecule has 0 amide bonds. The van der Waals surface area contributed by atoms with Crippen molar-refractivity contribution in [3.05, 3.63) is 46.8 Å². The van der Waals surface area contributed by atoms with Gasteiger partial charge in [0.15, 0.2) is 11.5 Å². The minimum Gasteiger partial charge on any atom is -0.504 e. The van der Waals surface area contributed by atoms with Crippen LogP contribution < -0.4 is 15.1 Å². The van der Waals surface area contributed by atoms with Crippen LogP contribution in [0.4, 0.5) is 0 Å². The maximum absolute atomic E-state index is 12.3. The van der Waals surface area contributed by atoms with Gasteiger partial charge in [0, 0.05) is 30.7 Å². The fraction of sp³-hybridized carbons (Fsp3) is 0.333. The highest BCUT2D eigenvalue weighted by Gasteiger charge is 2.45. The number of carbonyl (C=O) groups excluding carboxylic acids is 1. The summed E-state index contributed by atoms with van der Waals surface area (Å²) in [5.74, 6) is -1.22. The molecule has 1 fully saturated rings. The topological polar surface area (TPSA) is 185 Å². The highest BCUT2D eigenvalue weighted by Crippen LogP contribution is 2.40. The third kappa shape index (κ3) is 4.93. The van der Waals surface area contributed by atoms with E-state index in [1.807, 2.05) is 0 Å². The van der Waals surface area contributed by atoms with Gasteiger partial charge >= 0.3 is 11.6 Å². The number of ether oxygens (including phenoxy) is 4. The Morgan fingerprint density at radius 3 is 2.42 bits per heavy atom. The number of rotatable bonds is 6. The molecular formula is C24H24O12. The summed E-state index contributed by atoms with van der Waals surface area (Å²) in [5.41, 5.74) is -0.122. The molecule has 4 rings (SSSR count). The number of aliphatic hydroxyl groups is 3. The summed E-state index contributed by atoms with van der Waals surface area (Å²) in [7, 11) is 1.37. The monoisotopic (exact) mass is 504 g/mol. The molecule has 0 bridgehead atoms. The van der Waals surface area contributed by atoms with E-state index in [1.54, 1.807) is 0 Å². The van der Waals surface area contributed by atoms with Crippen molar-refractivity contribution in [2.75, 3.05) is 13.7 Å². The fourth-order valence-electron chi connectivity index (χ4n) is 3.85. The van der Waals surface area contributed by atoms with Gasteiger partial charge in [0.25, 0.3) is 0 Å². The zero-order valence-electron chi connectivity index (χ0n) is 19.2. The van der Waals surface area contributed by atoms with E-state index in [-0.39, 0.29) is 33.8 Å². The number of hydrogen-bond acceptors (Lipinski definition) is 12. The van der Waals surface area contributed by atoms with E-state index in [1.165, 1.54) is 37.4 Å². The second-order valence-electron chi connectivity index (χ2n) is 8.12. The molecule has 1 aromatic heterocycles.